The quantitative estimate of drug-likeness (QED) is 0.551. The largest absolute Gasteiger partial charge is 0.207 e. The predicted octanol–water partition coefficient (Wildman–Crippen LogP) is 3.33. The zero-order chi connectivity index (χ0) is 13.8. The van der Waals surface area contributed by atoms with E-state index in [2.05, 4.69) is 37.1 Å². The molecule has 1 radical (unpaired) electrons. The highest BCUT2D eigenvalue weighted by Crippen LogP contribution is 2.07. The summed E-state index contributed by atoms with van der Waals surface area (Å²) >= 11 is 0. The van der Waals surface area contributed by atoms with Crippen molar-refractivity contribution in [2.45, 2.75) is 13.1 Å². The lowest BCUT2D eigenvalue weighted by atomic mass is 10.2. The predicted molar refractivity (Wildman–Crippen MR) is 75.9 cm³/mol. The number of rotatable bonds is 1. The van der Waals surface area contributed by atoms with E-state index in [1.54, 1.807) is 0 Å². The van der Waals surface area contributed by atoms with Gasteiger partial charge in [0.05, 0.1) is 8.80 Å². The first kappa shape index (κ1) is 13.5. The van der Waals surface area contributed by atoms with E-state index in [0.29, 0.717) is 5.56 Å². The molecule has 0 spiro atoms. The van der Waals surface area contributed by atoms with Gasteiger partial charge >= 0.3 is 0 Å². The third kappa shape index (κ3) is 3.77. The molecule has 0 nitrogen and oxygen atoms in total. The number of benzene rings is 2. The minimum atomic E-state index is -0.608. The fraction of sp³-hybridized carbons (Fsp3) is 0.125. The van der Waals surface area contributed by atoms with E-state index in [1.165, 1.54) is 17.3 Å². The highest BCUT2D eigenvalue weighted by molar-refractivity contribution is 6.70. The third-order valence-electron chi connectivity index (χ3n) is 2.68. The average Bonchev–Trinajstić information content (AvgIpc) is 2.36. The molecular weight excluding hydrogens is 258 g/mol. The lowest BCUT2D eigenvalue weighted by Crippen LogP contribution is -2.21. The molecule has 2 aromatic rings. The van der Waals surface area contributed by atoms with Crippen molar-refractivity contribution in [3.63, 3.8) is 0 Å². The summed E-state index contributed by atoms with van der Waals surface area (Å²) in [5.41, 5.74) is 1.19. The summed E-state index contributed by atoms with van der Waals surface area (Å²) < 4.78 is 26.0. The molecule has 0 aliphatic rings. The van der Waals surface area contributed by atoms with Crippen LogP contribution in [0.3, 0.4) is 0 Å². The Morgan fingerprint density at radius 2 is 1.32 bits per heavy atom. The SMILES string of the molecule is C[Si](C)c1ccc(C#Cc2cc(F)cc(F)c2)cc1. The molecule has 0 aliphatic carbocycles. The van der Waals surface area contributed by atoms with E-state index in [0.717, 1.165) is 11.6 Å². The Morgan fingerprint density at radius 1 is 0.789 bits per heavy atom. The second-order valence-corrected chi connectivity index (χ2v) is 7.06. The fourth-order valence-corrected chi connectivity index (χ4v) is 2.49. The van der Waals surface area contributed by atoms with Crippen LogP contribution in [0.15, 0.2) is 42.5 Å². The average molecular weight is 271 g/mol. The summed E-state index contributed by atoms with van der Waals surface area (Å²) in [6.45, 7) is 4.45. The molecule has 0 N–H and O–H groups in total. The van der Waals surface area contributed by atoms with Crippen LogP contribution in [0, 0.1) is 23.5 Å². The first-order valence-corrected chi connectivity index (χ1v) is 8.43. The van der Waals surface area contributed by atoms with Gasteiger partial charge in [-0.05, 0) is 24.3 Å². The smallest absolute Gasteiger partial charge is 0.127 e. The van der Waals surface area contributed by atoms with Crippen LogP contribution < -0.4 is 5.19 Å². The first-order valence-electron chi connectivity index (χ1n) is 5.93. The van der Waals surface area contributed by atoms with Crippen LogP contribution in [0.25, 0.3) is 0 Å². The van der Waals surface area contributed by atoms with E-state index in [1.807, 2.05) is 12.1 Å². The van der Waals surface area contributed by atoms with Crippen molar-refractivity contribution in [1.29, 1.82) is 0 Å². The van der Waals surface area contributed by atoms with Gasteiger partial charge in [-0.25, -0.2) is 8.78 Å². The molecule has 0 unspecified atom stereocenters. The van der Waals surface area contributed by atoms with Gasteiger partial charge in [0.15, 0.2) is 0 Å². The van der Waals surface area contributed by atoms with Crippen LogP contribution >= 0.6 is 0 Å². The summed E-state index contributed by atoms with van der Waals surface area (Å²) in [5, 5.41) is 1.34. The Balaban J connectivity index is 2.23. The van der Waals surface area contributed by atoms with Crippen LogP contribution in [0.4, 0.5) is 8.78 Å². The molecule has 0 saturated carbocycles. The Hall–Kier alpha value is -1.92. The van der Waals surface area contributed by atoms with Crippen molar-refractivity contribution in [1.82, 2.24) is 0 Å². The van der Waals surface area contributed by atoms with Crippen LogP contribution in [0.5, 0.6) is 0 Å². The van der Waals surface area contributed by atoms with Crippen molar-refractivity contribution >= 4 is 14.0 Å². The molecule has 0 bridgehead atoms. The molecule has 0 heterocycles. The normalized spacial score (nSPS) is 10.2. The number of hydrogen-bond acceptors (Lipinski definition) is 0. The van der Waals surface area contributed by atoms with Crippen LogP contribution in [0.2, 0.25) is 13.1 Å². The van der Waals surface area contributed by atoms with Gasteiger partial charge in [-0.2, -0.15) is 0 Å². The molecule has 0 saturated heterocycles. The number of halogens is 2. The number of hydrogen-bond donors (Lipinski definition) is 0. The maximum atomic E-state index is 13.0. The summed E-state index contributed by atoms with van der Waals surface area (Å²) in [7, 11) is -0.453. The maximum Gasteiger partial charge on any atom is 0.127 e. The lowest BCUT2D eigenvalue weighted by Gasteiger charge is -2.02. The highest BCUT2D eigenvalue weighted by Gasteiger charge is 2.00. The summed E-state index contributed by atoms with van der Waals surface area (Å²) in [4.78, 5) is 0. The van der Waals surface area contributed by atoms with Crippen LogP contribution in [-0.4, -0.2) is 8.80 Å². The summed E-state index contributed by atoms with van der Waals surface area (Å²) in [5.74, 6) is 4.46. The van der Waals surface area contributed by atoms with Gasteiger partial charge in [0.25, 0.3) is 0 Å². The van der Waals surface area contributed by atoms with E-state index in [9.17, 15) is 8.78 Å². The fourth-order valence-electron chi connectivity index (χ4n) is 1.66. The van der Waals surface area contributed by atoms with E-state index < -0.39 is 20.4 Å². The first-order chi connectivity index (χ1) is 9.04. The summed E-state index contributed by atoms with van der Waals surface area (Å²) in [6, 6.07) is 11.3. The molecule has 0 aliphatic heterocycles. The van der Waals surface area contributed by atoms with Crippen molar-refractivity contribution in [3.05, 3.63) is 65.2 Å². The van der Waals surface area contributed by atoms with Gasteiger partial charge in [-0.3, -0.25) is 0 Å². The van der Waals surface area contributed by atoms with Crippen molar-refractivity contribution in [3.8, 4) is 11.8 Å². The minimum absolute atomic E-state index is 0.345. The van der Waals surface area contributed by atoms with E-state index >= 15 is 0 Å². The Morgan fingerprint density at radius 3 is 1.84 bits per heavy atom. The van der Waals surface area contributed by atoms with Crippen molar-refractivity contribution in [2.24, 2.45) is 0 Å². The molecule has 2 aromatic carbocycles. The topological polar surface area (TPSA) is 0 Å². The monoisotopic (exact) mass is 271 g/mol. The Labute approximate surface area is 113 Å². The van der Waals surface area contributed by atoms with Gasteiger partial charge in [0.2, 0.25) is 0 Å². The van der Waals surface area contributed by atoms with Gasteiger partial charge in [0.1, 0.15) is 11.6 Å². The molecule has 19 heavy (non-hydrogen) atoms. The molecule has 0 aromatic heterocycles. The van der Waals surface area contributed by atoms with Crippen molar-refractivity contribution < 1.29 is 8.78 Å². The van der Waals surface area contributed by atoms with E-state index in [-0.39, 0.29) is 0 Å². The van der Waals surface area contributed by atoms with Gasteiger partial charge in [-0.1, -0.05) is 42.3 Å². The standard InChI is InChI=1S/C16H13F2Si/c1-19(2)16-7-5-12(6-8-16)3-4-13-9-14(17)11-15(18)10-13/h5-11H,1-2H3. The van der Waals surface area contributed by atoms with E-state index in [4.69, 9.17) is 0 Å². The van der Waals surface area contributed by atoms with Crippen LogP contribution in [0.1, 0.15) is 11.1 Å². The van der Waals surface area contributed by atoms with Gasteiger partial charge < -0.3 is 0 Å². The Bertz CT molecular complexity index is 614. The van der Waals surface area contributed by atoms with Gasteiger partial charge in [-0.15, -0.1) is 0 Å². The zero-order valence-corrected chi connectivity index (χ0v) is 11.8. The van der Waals surface area contributed by atoms with Crippen LogP contribution in [-0.2, 0) is 0 Å². The maximum absolute atomic E-state index is 13.0. The second kappa shape index (κ2) is 5.81. The van der Waals surface area contributed by atoms with Gasteiger partial charge in [0, 0.05) is 17.2 Å². The molecule has 3 heteroatoms. The molecule has 0 amide bonds. The molecular formula is C16H13F2Si. The zero-order valence-electron chi connectivity index (χ0n) is 10.8. The lowest BCUT2D eigenvalue weighted by molar-refractivity contribution is 0.582. The molecule has 95 valence electrons. The Kier molecular flexibility index (Phi) is 4.13. The summed E-state index contributed by atoms with van der Waals surface area (Å²) in [6.07, 6.45) is 0. The molecule has 0 atom stereocenters. The molecule has 0 fully saturated rings. The second-order valence-electron chi connectivity index (χ2n) is 4.49. The minimum Gasteiger partial charge on any atom is -0.207 e. The van der Waals surface area contributed by atoms with Crippen molar-refractivity contribution in [2.75, 3.05) is 0 Å². The third-order valence-corrected chi connectivity index (χ3v) is 4.16. The molecule has 2 rings (SSSR count). The highest BCUT2D eigenvalue weighted by atomic mass is 28.3.